The van der Waals surface area contributed by atoms with E-state index < -0.39 is 23.8 Å². The second-order valence-electron chi connectivity index (χ2n) is 11.6. The molecule has 2 aliphatic heterocycles. The summed E-state index contributed by atoms with van der Waals surface area (Å²) in [5, 5.41) is 18.9. The Hall–Kier alpha value is -5.48. The number of hydrogen-bond acceptors (Lipinski definition) is 10. The van der Waals surface area contributed by atoms with Crippen LogP contribution in [-0.4, -0.2) is 25.2 Å². The van der Waals surface area contributed by atoms with Crippen molar-refractivity contribution in [3.8, 4) is 12.1 Å². The summed E-state index contributed by atoms with van der Waals surface area (Å²) < 4.78 is 21.5. The number of nitrogens with zero attached hydrogens (tertiary/aromatic N) is 2. The van der Waals surface area contributed by atoms with Gasteiger partial charge in [-0.1, -0.05) is 88.4 Å². The van der Waals surface area contributed by atoms with Gasteiger partial charge in [-0.05, 0) is 36.8 Å². The number of rotatable bonds is 8. The molecule has 0 aromatic heterocycles. The summed E-state index contributed by atoms with van der Waals surface area (Å²) in [7, 11) is 0. The lowest BCUT2D eigenvalue weighted by molar-refractivity contribution is -0.141. The highest BCUT2D eigenvalue weighted by Crippen LogP contribution is 2.40. The van der Waals surface area contributed by atoms with Gasteiger partial charge in [0, 0.05) is 0 Å². The molecule has 2 heterocycles. The third-order valence-corrected chi connectivity index (χ3v) is 7.01. The normalized spacial score (nSPS) is 17.8. The largest absolute Gasteiger partial charge is 0.462 e. The number of carbonyl (C=O) groups is 2. The third kappa shape index (κ3) is 8.36. The molecule has 10 heteroatoms. The topological polar surface area (TPSA) is 171 Å². The molecule has 0 fully saturated rings. The summed E-state index contributed by atoms with van der Waals surface area (Å²) in [4.78, 5) is 25.1. The molecule has 0 unspecified atom stereocenters. The first-order chi connectivity index (χ1) is 21.9. The van der Waals surface area contributed by atoms with Crippen LogP contribution in [0.3, 0.4) is 0 Å². The van der Waals surface area contributed by atoms with Crippen molar-refractivity contribution in [1.82, 2.24) is 0 Å². The average Bonchev–Trinajstić information content (AvgIpc) is 3.03. The van der Waals surface area contributed by atoms with Gasteiger partial charge < -0.3 is 30.4 Å². The molecule has 2 aromatic rings. The van der Waals surface area contributed by atoms with Gasteiger partial charge >= 0.3 is 11.9 Å². The van der Waals surface area contributed by atoms with Crippen molar-refractivity contribution in [3.05, 3.63) is 117 Å². The van der Waals surface area contributed by atoms with E-state index in [2.05, 4.69) is 12.1 Å². The fourth-order valence-electron chi connectivity index (χ4n) is 4.89. The van der Waals surface area contributed by atoms with Gasteiger partial charge in [0.05, 0.1) is 36.2 Å². The fourth-order valence-corrected chi connectivity index (χ4v) is 4.89. The zero-order valence-electron chi connectivity index (χ0n) is 27.0. The zero-order chi connectivity index (χ0) is 34.0. The predicted molar refractivity (Wildman–Crippen MR) is 171 cm³/mol. The highest BCUT2D eigenvalue weighted by molar-refractivity contribution is 5.93. The summed E-state index contributed by atoms with van der Waals surface area (Å²) in [6, 6.07) is 22.7. The van der Waals surface area contributed by atoms with Crippen molar-refractivity contribution >= 4 is 11.9 Å². The zero-order valence-corrected chi connectivity index (χ0v) is 27.0. The molecule has 2 aliphatic rings. The number of nitriles is 2. The maximum Gasteiger partial charge on any atom is 0.338 e. The highest BCUT2D eigenvalue weighted by Gasteiger charge is 2.37. The minimum atomic E-state index is -0.574. The van der Waals surface area contributed by atoms with E-state index in [0.717, 1.165) is 11.1 Å². The molecule has 0 spiro atoms. The van der Waals surface area contributed by atoms with Crippen LogP contribution < -0.4 is 11.5 Å². The van der Waals surface area contributed by atoms with Crippen molar-refractivity contribution in [1.29, 1.82) is 10.5 Å². The van der Waals surface area contributed by atoms with Gasteiger partial charge in [-0.3, -0.25) is 0 Å². The van der Waals surface area contributed by atoms with E-state index in [1.807, 2.05) is 88.4 Å². The Morgan fingerprint density at radius 1 is 0.696 bits per heavy atom. The monoisotopic (exact) mass is 624 g/mol. The molecule has 0 amide bonds. The number of nitrogens with two attached hydrogens (primary N) is 2. The Labute approximate surface area is 270 Å². The van der Waals surface area contributed by atoms with Crippen molar-refractivity contribution in [2.75, 3.05) is 13.2 Å². The van der Waals surface area contributed by atoms with E-state index in [0.29, 0.717) is 35.9 Å². The van der Waals surface area contributed by atoms with Crippen molar-refractivity contribution in [2.24, 2.45) is 23.3 Å². The smallest absolute Gasteiger partial charge is 0.338 e. The second kappa shape index (κ2) is 16.0. The molecule has 0 saturated heterocycles. The Morgan fingerprint density at radius 3 is 1.30 bits per heavy atom. The summed E-state index contributed by atoms with van der Waals surface area (Å²) >= 11 is 0. The third-order valence-electron chi connectivity index (χ3n) is 7.01. The predicted octanol–water partition coefficient (Wildman–Crippen LogP) is 5.93. The summed E-state index contributed by atoms with van der Waals surface area (Å²) in [5.41, 5.74) is 14.4. The number of carbonyl (C=O) groups excluding carboxylic acids is 2. The summed E-state index contributed by atoms with van der Waals surface area (Å²) in [6.45, 7) is 11.7. The molecule has 0 radical (unpaired) electrons. The van der Waals surface area contributed by atoms with Crippen LogP contribution in [0.15, 0.2) is 106 Å². The Balaban J connectivity index is 0.000000250. The molecule has 46 heavy (non-hydrogen) atoms. The van der Waals surface area contributed by atoms with Gasteiger partial charge in [0.15, 0.2) is 0 Å². The van der Waals surface area contributed by atoms with Crippen LogP contribution in [0.25, 0.3) is 0 Å². The van der Waals surface area contributed by atoms with E-state index in [9.17, 15) is 20.1 Å². The van der Waals surface area contributed by atoms with Crippen molar-refractivity contribution < 1.29 is 28.5 Å². The molecule has 2 aromatic carbocycles. The van der Waals surface area contributed by atoms with Gasteiger partial charge in [-0.25, -0.2) is 9.59 Å². The summed E-state index contributed by atoms with van der Waals surface area (Å²) in [6.07, 6.45) is 0. The number of ether oxygens (including phenoxy) is 4. The van der Waals surface area contributed by atoms with E-state index in [4.69, 9.17) is 30.4 Å². The standard InChI is InChI=1S/2C18H20N2O3/c2*1-11(2)10-22-18(21)15-12(3)23-17(20)14(9-19)16(15)13-7-5-4-6-8-13/h2*4-8,11,16H,10,20H2,1-3H3/t2*16-/m10/s1. The minimum Gasteiger partial charge on any atom is -0.462 e. The number of allylic oxidation sites excluding steroid dienone is 4. The fraction of sp³-hybridized carbons (Fsp3) is 0.333. The molecule has 10 nitrogen and oxygen atoms in total. The van der Waals surface area contributed by atoms with Gasteiger partial charge in [0.1, 0.15) is 34.8 Å². The molecule has 2 atom stereocenters. The molecule has 0 saturated carbocycles. The Bertz CT molecular complexity index is 1520. The van der Waals surface area contributed by atoms with Crippen LogP contribution in [0.1, 0.15) is 64.5 Å². The maximum atomic E-state index is 12.5. The lowest BCUT2D eigenvalue weighted by Crippen LogP contribution is -2.26. The van der Waals surface area contributed by atoms with Crippen LogP contribution in [0.4, 0.5) is 0 Å². The lowest BCUT2D eigenvalue weighted by Gasteiger charge is -2.27. The number of hydrogen-bond donors (Lipinski definition) is 2. The minimum absolute atomic E-state index is 0.0271. The molecular formula is C36H40N4O6. The average molecular weight is 625 g/mol. The molecule has 0 bridgehead atoms. The Kier molecular flexibility index (Phi) is 12.2. The van der Waals surface area contributed by atoms with Gasteiger partial charge in [0.25, 0.3) is 0 Å². The quantitative estimate of drug-likeness (QED) is 0.335. The van der Waals surface area contributed by atoms with Crippen LogP contribution >= 0.6 is 0 Å². The molecule has 4 N–H and O–H groups in total. The highest BCUT2D eigenvalue weighted by atomic mass is 16.5. The molecule has 0 aliphatic carbocycles. The van der Waals surface area contributed by atoms with E-state index in [1.54, 1.807) is 13.8 Å². The van der Waals surface area contributed by atoms with E-state index >= 15 is 0 Å². The number of benzene rings is 2. The molecular weight excluding hydrogens is 584 g/mol. The van der Waals surface area contributed by atoms with Crippen LogP contribution in [0, 0.1) is 34.5 Å². The van der Waals surface area contributed by atoms with E-state index in [1.165, 1.54) is 0 Å². The van der Waals surface area contributed by atoms with E-state index in [-0.39, 0.29) is 34.7 Å². The second-order valence-corrected chi connectivity index (χ2v) is 11.6. The molecule has 4 rings (SSSR count). The van der Waals surface area contributed by atoms with Crippen LogP contribution in [0.5, 0.6) is 0 Å². The van der Waals surface area contributed by atoms with Crippen molar-refractivity contribution in [3.63, 3.8) is 0 Å². The summed E-state index contributed by atoms with van der Waals surface area (Å²) in [5.74, 6) is -0.891. The first-order valence-electron chi connectivity index (χ1n) is 14.9. The van der Waals surface area contributed by atoms with Crippen LogP contribution in [-0.2, 0) is 28.5 Å². The van der Waals surface area contributed by atoms with Gasteiger partial charge in [0.2, 0.25) is 11.8 Å². The van der Waals surface area contributed by atoms with Crippen LogP contribution in [0.2, 0.25) is 0 Å². The first-order valence-corrected chi connectivity index (χ1v) is 14.9. The lowest BCUT2D eigenvalue weighted by atomic mass is 9.83. The maximum absolute atomic E-state index is 12.5. The van der Waals surface area contributed by atoms with Gasteiger partial charge in [-0.15, -0.1) is 0 Å². The van der Waals surface area contributed by atoms with Crippen molar-refractivity contribution in [2.45, 2.75) is 53.4 Å². The first kappa shape index (κ1) is 35.0. The SMILES string of the molecule is CC1=C(C(=O)OCC(C)C)[C@@H](c2ccccc2)C(C#N)=C(N)O1.CC1=C(C(=O)OCC(C)C)[C@H](c2ccccc2)C(C#N)=C(N)O1. The Morgan fingerprint density at radius 2 is 1.02 bits per heavy atom. The molecule has 240 valence electrons. The number of esters is 2. The van der Waals surface area contributed by atoms with Gasteiger partial charge in [-0.2, -0.15) is 10.5 Å².